The average molecular weight is 282 g/mol. The highest BCUT2D eigenvalue weighted by Gasteiger charge is 2.10. The van der Waals surface area contributed by atoms with Crippen molar-refractivity contribution < 1.29 is 8.60 Å². The molecular formula is C12H15FN4OS. The van der Waals surface area contributed by atoms with E-state index in [4.69, 9.17) is 0 Å². The van der Waals surface area contributed by atoms with Crippen LogP contribution in [0.3, 0.4) is 0 Å². The summed E-state index contributed by atoms with van der Waals surface area (Å²) in [5.41, 5.74) is 0.842. The van der Waals surface area contributed by atoms with Crippen molar-refractivity contribution in [3.8, 4) is 0 Å². The van der Waals surface area contributed by atoms with Gasteiger partial charge < -0.3 is 0 Å². The summed E-state index contributed by atoms with van der Waals surface area (Å²) in [6.45, 7) is 2.75. The molecule has 0 amide bonds. The van der Waals surface area contributed by atoms with E-state index in [9.17, 15) is 8.60 Å². The highest BCUT2D eigenvalue weighted by Crippen LogP contribution is 2.08. The van der Waals surface area contributed by atoms with E-state index in [0.29, 0.717) is 17.3 Å². The van der Waals surface area contributed by atoms with Gasteiger partial charge in [-0.05, 0) is 34.5 Å². The molecule has 0 saturated heterocycles. The molecule has 1 unspecified atom stereocenters. The molecule has 1 atom stereocenters. The topological polar surface area (TPSA) is 60.7 Å². The minimum atomic E-state index is -1.11. The normalized spacial score (nSPS) is 12.5. The third kappa shape index (κ3) is 3.92. The van der Waals surface area contributed by atoms with E-state index in [1.165, 1.54) is 12.1 Å². The predicted octanol–water partition coefficient (Wildman–Crippen LogP) is 1.67. The summed E-state index contributed by atoms with van der Waals surface area (Å²) in [5.74, 6) is 1.02. The summed E-state index contributed by atoms with van der Waals surface area (Å²) >= 11 is 0. The van der Waals surface area contributed by atoms with E-state index in [-0.39, 0.29) is 5.82 Å². The van der Waals surface area contributed by atoms with E-state index in [2.05, 4.69) is 15.5 Å². The number of benzene rings is 1. The van der Waals surface area contributed by atoms with Crippen LogP contribution in [0, 0.1) is 5.82 Å². The Morgan fingerprint density at radius 3 is 2.68 bits per heavy atom. The lowest BCUT2D eigenvalue weighted by molar-refractivity contribution is 0.562. The predicted molar refractivity (Wildman–Crippen MR) is 70.1 cm³/mol. The van der Waals surface area contributed by atoms with Gasteiger partial charge in [0.05, 0.1) is 5.75 Å². The highest BCUT2D eigenvalue weighted by molar-refractivity contribution is 7.83. The Labute approximate surface area is 113 Å². The summed E-state index contributed by atoms with van der Waals surface area (Å²) in [6.07, 6.45) is 0.919. The van der Waals surface area contributed by atoms with Crippen molar-refractivity contribution in [3.63, 3.8) is 0 Å². The first-order valence-corrected chi connectivity index (χ1v) is 7.52. The molecule has 0 fully saturated rings. The van der Waals surface area contributed by atoms with Crippen molar-refractivity contribution in [2.75, 3.05) is 0 Å². The highest BCUT2D eigenvalue weighted by atomic mass is 32.2. The third-order valence-corrected chi connectivity index (χ3v) is 3.81. The summed E-state index contributed by atoms with van der Waals surface area (Å²) < 4.78 is 26.5. The molecule has 19 heavy (non-hydrogen) atoms. The van der Waals surface area contributed by atoms with Crippen LogP contribution in [0.5, 0.6) is 0 Å². The van der Waals surface area contributed by atoms with Crippen molar-refractivity contribution in [1.29, 1.82) is 0 Å². The summed E-state index contributed by atoms with van der Waals surface area (Å²) in [6, 6.07) is 6.02. The summed E-state index contributed by atoms with van der Waals surface area (Å²) in [4.78, 5) is 0. The molecule has 0 radical (unpaired) electrons. The maximum Gasteiger partial charge on any atom is 0.163 e. The number of tetrazole rings is 1. The molecule has 0 aliphatic heterocycles. The van der Waals surface area contributed by atoms with Crippen molar-refractivity contribution >= 4 is 10.8 Å². The maximum atomic E-state index is 12.8. The number of hydrogen-bond donors (Lipinski definition) is 0. The van der Waals surface area contributed by atoms with E-state index >= 15 is 0 Å². The Morgan fingerprint density at radius 2 is 2.00 bits per heavy atom. The van der Waals surface area contributed by atoms with Crippen LogP contribution in [0.1, 0.15) is 24.7 Å². The van der Waals surface area contributed by atoms with Crippen LogP contribution in [-0.4, -0.2) is 24.4 Å². The van der Waals surface area contributed by atoms with Crippen LogP contribution in [-0.2, 0) is 28.9 Å². The van der Waals surface area contributed by atoms with Gasteiger partial charge in [0.25, 0.3) is 0 Å². The molecule has 0 aliphatic rings. The Hall–Kier alpha value is -1.63. The lowest BCUT2D eigenvalue weighted by Gasteiger charge is -2.03. The second-order valence-corrected chi connectivity index (χ2v) is 5.63. The molecule has 2 rings (SSSR count). The SMILES string of the molecule is CCCn1nnnc1CS(=O)Cc1ccc(F)cc1. The zero-order valence-electron chi connectivity index (χ0n) is 10.6. The molecule has 0 N–H and O–H groups in total. The number of halogens is 1. The van der Waals surface area contributed by atoms with Gasteiger partial charge in [-0.2, -0.15) is 0 Å². The van der Waals surface area contributed by atoms with Crippen LogP contribution in [0.25, 0.3) is 0 Å². The van der Waals surface area contributed by atoms with Gasteiger partial charge in [-0.25, -0.2) is 9.07 Å². The molecule has 7 heteroatoms. The molecule has 0 aliphatic carbocycles. The molecule has 102 valence electrons. The van der Waals surface area contributed by atoms with E-state index in [1.807, 2.05) is 6.92 Å². The number of aryl methyl sites for hydroxylation is 1. The Bertz CT molecular complexity index is 555. The van der Waals surface area contributed by atoms with Crippen LogP contribution in [0.2, 0.25) is 0 Å². The average Bonchev–Trinajstić information content (AvgIpc) is 2.80. The summed E-state index contributed by atoms with van der Waals surface area (Å²) in [7, 11) is -1.11. The summed E-state index contributed by atoms with van der Waals surface area (Å²) in [5, 5.41) is 11.3. The molecule has 0 saturated carbocycles. The molecular weight excluding hydrogens is 267 g/mol. The van der Waals surface area contributed by atoms with Crippen LogP contribution in [0.15, 0.2) is 24.3 Å². The lowest BCUT2D eigenvalue weighted by atomic mass is 10.2. The van der Waals surface area contributed by atoms with Crippen LogP contribution in [0.4, 0.5) is 4.39 Å². The zero-order valence-corrected chi connectivity index (χ0v) is 11.4. The molecule has 0 spiro atoms. The number of rotatable bonds is 6. The number of hydrogen-bond acceptors (Lipinski definition) is 4. The second-order valence-electron chi connectivity index (χ2n) is 4.17. The lowest BCUT2D eigenvalue weighted by Crippen LogP contribution is -2.09. The van der Waals surface area contributed by atoms with Crippen LogP contribution >= 0.6 is 0 Å². The molecule has 0 bridgehead atoms. The number of nitrogens with zero attached hydrogens (tertiary/aromatic N) is 4. The Balaban J connectivity index is 1.97. The molecule has 1 heterocycles. The van der Waals surface area contributed by atoms with Gasteiger partial charge >= 0.3 is 0 Å². The zero-order chi connectivity index (χ0) is 13.7. The van der Waals surface area contributed by atoms with Gasteiger partial charge in [0, 0.05) is 23.1 Å². The Kier molecular flexibility index (Phi) is 4.73. The van der Waals surface area contributed by atoms with Crippen molar-refractivity contribution in [2.24, 2.45) is 0 Å². The van der Waals surface area contributed by atoms with Gasteiger partial charge in [-0.3, -0.25) is 4.21 Å². The van der Waals surface area contributed by atoms with Gasteiger partial charge in [0.2, 0.25) is 0 Å². The smallest absolute Gasteiger partial charge is 0.163 e. The maximum absolute atomic E-state index is 12.8. The van der Waals surface area contributed by atoms with Gasteiger partial charge in [-0.15, -0.1) is 5.10 Å². The fraction of sp³-hybridized carbons (Fsp3) is 0.417. The first-order valence-electron chi connectivity index (χ1n) is 6.03. The quantitative estimate of drug-likeness (QED) is 0.808. The van der Waals surface area contributed by atoms with Crippen molar-refractivity contribution in [1.82, 2.24) is 20.2 Å². The van der Waals surface area contributed by atoms with Gasteiger partial charge in [-0.1, -0.05) is 19.1 Å². The largest absolute Gasteiger partial charge is 0.259 e. The monoisotopic (exact) mass is 282 g/mol. The minimum absolute atomic E-state index is 0.290. The molecule has 2 aromatic rings. The fourth-order valence-electron chi connectivity index (χ4n) is 1.67. The van der Waals surface area contributed by atoms with Gasteiger partial charge in [0.1, 0.15) is 5.82 Å². The van der Waals surface area contributed by atoms with E-state index in [0.717, 1.165) is 18.5 Å². The first kappa shape index (κ1) is 13.8. The molecule has 1 aromatic heterocycles. The second kappa shape index (κ2) is 6.51. The molecule has 5 nitrogen and oxygen atoms in total. The van der Waals surface area contributed by atoms with Gasteiger partial charge in [0.15, 0.2) is 5.82 Å². The number of aromatic nitrogens is 4. The standard InChI is InChI=1S/C12H15FN4OS/c1-2-7-17-12(14-15-16-17)9-19(18)8-10-3-5-11(13)6-4-10/h3-6H,2,7-9H2,1H3. The van der Waals surface area contributed by atoms with E-state index < -0.39 is 10.8 Å². The minimum Gasteiger partial charge on any atom is -0.259 e. The van der Waals surface area contributed by atoms with Crippen molar-refractivity contribution in [3.05, 3.63) is 41.5 Å². The first-order chi connectivity index (χ1) is 9.19. The van der Waals surface area contributed by atoms with Crippen LogP contribution < -0.4 is 0 Å². The third-order valence-electron chi connectivity index (χ3n) is 2.57. The Morgan fingerprint density at radius 1 is 1.26 bits per heavy atom. The fourth-order valence-corrected chi connectivity index (χ4v) is 2.83. The van der Waals surface area contributed by atoms with E-state index in [1.54, 1.807) is 16.8 Å². The van der Waals surface area contributed by atoms with Crippen molar-refractivity contribution in [2.45, 2.75) is 31.4 Å². The molecule has 1 aromatic carbocycles.